The summed E-state index contributed by atoms with van der Waals surface area (Å²) in [5.41, 5.74) is 1.91. The molecule has 26 heavy (non-hydrogen) atoms. The van der Waals surface area contributed by atoms with Crippen molar-refractivity contribution in [3.63, 3.8) is 0 Å². The molecular weight excluding hydrogens is 334 g/mol. The number of carbonyl (C=O) groups is 2. The molecular formula is C20H23NO5. The van der Waals surface area contributed by atoms with Crippen LogP contribution < -0.4 is 10.1 Å². The van der Waals surface area contributed by atoms with Crippen LogP contribution in [-0.2, 0) is 22.4 Å². The number of aryl methyl sites for hydroxylation is 1. The molecule has 0 saturated carbocycles. The molecule has 3 N–H and O–H groups in total. The van der Waals surface area contributed by atoms with E-state index in [0.717, 1.165) is 6.42 Å². The van der Waals surface area contributed by atoms with E-state index >= 15 is 0 Å². The molecule has 0 aromatic heterocycles. The number of benzene rings is 2. The van der Waals surface area contributed by atoms with E-state index in [9.17, 15) is 19.8 Å². The highest BCUT2D eigenvalue weighted by molar-refractivity contribution is 5.83. The highest BCUT2D eigenvalue weighted by atomic mass is 16.5. The second-order valence-corrected chi connectivity index (χ2v) is 5.92. The highest BCUT2D eigenvalue weighted by Crippen LogP contribution is 2.13. The molecule has 0 spiro atoms. The van der Waals surface area contributed by atoms with E-state index < -0.39 is 12.0 Å². The summed E-state index contributed by atoms with van der Waals surface area (Å²) in [5.74, 6) is -0.716. The van der Waals surface area contributed by atoms with Gasteiger partial charge in [-0.1, -0.05) is 31.2 Å². The molecule has 0 aliphatic rings. The third kappa shape index (κ3) is 6.12. The molecule has 1 amide bonds. The molecule has 0 saturated heterocycles. The molecule has 2 aromatic rings. The van der Waals surface area contributed by atoms with Crippen LogP contribution in [0.25, 0.3) is 0 Å². The fraction of sp³-hybridized carbons (Fsp3) is 0.300. The molecule has 138 valence electrons. The van der Waals surface area contributed by atoms with Crippen molar-refractivity contribution in [3.8, 4) is 11.5 Å². The first kappa shape index (κ1) is 19.3. The number of nitrogens with one attached hydrogen (secondary N) is 1. The Morgan fingerprint density at radius 1 is 1.04 bits per heavy atom. The number of phenols is 1. The molecule has 0 heterocycles. The lowest BCUT2D eigenvalue weighted by Crippen LogP contribution is -2.42. The number of hydrogen-bond acceptors (Lipinski definition) is 4. The molecule has 6 heteroatoms. The molecule has 0 aliphatic heterocycles. The largest absolute Gasteiger partial charge is 0.508 e. The molecule has 2 aromatic carbocycles. The average Bonchev–Trinajstić information content (AvgIpc) is 2.63. The van der Waals surface area contributed by atoms with Crippen LogP contribution in [0.5, 0.6) is 11.5 Å². The van der Waals surface area contributed by atoms with Crippen LogP contribution in [0.1, 0.15) is 24.5 Å². The van der Waals surface area contributed by atoms with E-state index in [2.05, 4.69) is 12.2 Å². The standard InChI is InChI=1S/C20H23NO5/c1-2-14-5-9-17(10-6-14)26-12-11-19(23)21-18(20(24)25)13-15-3-7-16(22)8-4-15/h3-10,18,22H,2,11-13H2,1H3,(H,21,23)(H,24,25). The Hall–Kier alpha value is -3.02. The first-order valence-corrected chi connectivity index (χ1v) is 8.49. The maximum Gasteiger partial charge on any atom is 0.326 e. The molecule has 0 fully saturated rings. The zero-order chi connectivity index (χ0) is 18.9. The lowest BCUT2D eigenvalue weighted by atomic mass is 10.1. The van der Waals surface area contributed by atoms with Crippen molar-refractivity contribution >= 4 is 11.9 Å². The first-order valence-electron chi connectivity index (χ1n) is 8.49. The number of aliphatic carboxylic acids is 1. The van der Waals surface area contributed by atoms with Gasteiger partial charge in [-0.15, -0.1) is 0 Å². The third-order valence-electron chi connectivity index (χ3n) is 3.94. The van der Waals surface area contributed by atoms with Crippen molar-refractivity contribution in [2.45, 2.75) is 32.2 Å². The van der Waals surface area contributed by atoms with Crippen molar-refractivity contribution in [2.24, 2.45) is 0 Å². The first-order chi connectivity index (χ1) is 12.5. The van der Waals surface area contributed by atoms with Gasteiger partial charge in [-0.3, -0.25) is 4.79 Å². The minimum Gasteiger partial charge on any atom is -0.508 e. The maximum atomic E-state index is 12.0. The van der Waals surface area contributed by atoms with Gasteiger partial charge < -0.3 is 20.3 Å². The van der Waals surface area contributed by atoms with E-state index in [-0.39, 0.29) is 31.1 Å². The highest BCUT2D eigenvalue weighted by Gasteiger charge is 2.20. The molecule has 0 bridgehead atoms. The molecule has 0 aliphatic carbocycles. The summed E-state index contributed by atoms with van der Waals surface area (Å²) in [6.45, 7) is 2.24. The minimum atomic E-state index is -1.11. The van der Waals surface area contributed by atoms with Crippen molar-refractivity contribution in [2.75, 3.05) is 6.61 Å². The summed E-state index contributed by atoms with van der Waals surface area (Å²) >= 11 is 0. The topological polar surface area (TPSA) is 95.9 Å². The van der Waals surface area contributed by atoms with Crippen LogP contribution in [0.3, 0.4) is 0 Å². The smallest absolute Gasteiger partial charge is 0.326 e. The quantitative estimate of drug-likeness (QED) is 0.641. The number of amides is 1. The Kier molecular flexibility index (Phi) is 7.02. The summed E-state index contributed by atoms with van der Waals surface area (Å²) < 4.78 is 5.51. The van der Waals surface area contributed by atoms with Gasteiger partial charge in [0.05, 0.1) is 13.0 Å². The number of aromatic hydroxyl groups is 1. The van der Waals surface area contributed by atoms with E-state index in [1.807, 2.05) is 24.3 Å². The molecule has 1 atom stereocenters. The Balaban J connectivity index is 1.81. The lowest BCUT2D eigenvalue weighted by molar-refractivity contribution is -0.141. The number of ether oxygens (including phenoxy) is 1. The number of carbonyl (C=O) groups excluding carboxylic acids is 1. The number of phenolic OH excluding ortho intramolecular Hbond substituents is 1. The van der Waals surface area contributed by atoms with Gasteiger partial charge in [0.1, 0.15) is 17.5 Å². The number of hydrogen-bond donors (Lipinski definition) is 3. The molecule has 2 rings (SSSR count). The van der Waals surface area contributed by atoms with Gasteiger partial charge in [0, 0.05) is 6.42 Å². The summed E-state index contributed by atoms with van der Waals surface area (Å²) in [6.07, 6.45) is 1.15. The molecule has 0 radical (unpaired) electrons. The Morgan fingerprint density at radius 2 is 1.65 bits per heavy atom. The zero-order valence-corrected chi connectivity index (χ0v) is 14.6. The predicted molar refractivity (Wildman–Crippen MR) is 97.3 cm³/mol. The Bertz CT molecular complexity index is 725. The van der Waals surface area contributed by atoms with Crippen LogP contribution >= 0.6 is 0 Å². The Morgan fingerprint density at radius 3 is 2.23 bits per heavy atom. The summed E-state index contributed by atoms with van der Waals surface area (Å²) in [7, 11) is 0. The van der Waals surface area contributed by atoms with Crippen LogP contribution in [0.4, 0.5) is 0 Å². The summed E-state index contributed by atoms with van der Waals surface area (Å²) in [5, 5.41) is 21.1. The maximum absolute atomic E-state index is 12.0. The van der Waals surface area contributed by atoms with E-state index in [4.69, 9.17) is 4.74 Å². The van der Waals surface area contributed by atoms with Crippen molar-refractivity contribution in [1.29, 1.82) is 0 Å². The van der Waals surface area contributed by atoms with Gasteiger partial charge in [-0.2, -0.15) is 0 Å². The second-order valence-electron chi connectivity index (χ2n) is 5.92. The van der Waals surface area contributed by atoms with E-state index in [1.54, 1.807) is 12.1 Å². The Labute approximate surface area is 152 Å². The number of rotatable bonds is 9. The van der Waals surface area contributed by atoms with E-state index in [0.29, 0.717) is 11.3 Å². The lowest BCUT2D eigenvalue weighted by Gasteiger charge is -2.15. The normalized spacial score (nSPS) is 11.6. The van der Waals surface area contributed by atoms with Gasteiger partial charge in [0.15, 0.2) is 0 Å². The van der Waals surface area contributed by atoms with Gasteiger partial charge in [0.2, 0.25) is 5.91 Å². The van der Waals surface area contributed by atoms with Crippen LogP contribution in [0.15, 0.2) is 48.5 Å². The fourth-order valence-electron chi connectivity index (χ4n) is 2.42. The monoisotopic (exact) mass is 357 g/mol. The van der Waals surface area contributed by atoms with Crippen LogP contribution in [0.2, 0.25) is 0 Å². The second kappa shape index (κ2) is 9.46. The number of carboxylic acid groups (broad SMARTS) is 1. The molecule has 1 unspecified atom stereocenters. The van der Waals surface area contributed by atoms with Crippen LogP contribution in [0, 0.1) is 0 Å². The molecule has 6 nitrogen and oxygen atoms in total. The fourth-order valence-corrected chi connectivity index (χ4v) is 2.42. The predicted octanol–water partition coefficient (Wildman–Crippen LogP) is 2.54. The van der Waals surface area contributed by atoms with Crippen LogP contribution in [-0.4, -0.2) is 34.7 Å². The summed E-state index contributed by atoms with van der Waals surface area (Å²) in [6, 6.07) is 12.8. The SMILES string of the molecule is CCc1ccc(OCCC(=O)NC(Cc2ccc(O)cc2)C(=O)O)cc1. The van der Waals surface area contributed by atoms with Gasteiger partial charge in [-0.05, 0) is 41.8 Å². The summed E-state index contributed by atoms with van der Waals surface area (Å²) in [4.78, 5) is 23.4. The van der Waals surface area contributed by atoms with Crippen molar-refractivity contribution in [1.82, 2.24) is 5.32 Å². The van der Waals surface area contributed by atoms with Crippen molar-refractivity contribution in [3.05, 3.63) is 59.7 Å². The van der Waals surface area contributed by atoms with Gasteiger partial charge >= 0.3 is 5.97 Å². The van der Waals surface area contributed by atoms with Crippen molar-refractivity contribution < 1.29 is 24.5 Å². The average molecular weight is 357 g/mol. The van der Waals surface area contributed by atoms with E-state index in [1.165, 1.54) is 17.7 Å². The van der Waals surface area contributed by atoms with Gasteiger partial charge in [-0.25, -0.2) is 4.79 Å². The number of carboxylic acids is 1. The zero-order valence-electron chi connectivity index (χ0n) is 14.6. The minimum absolute atomic E-state index is 0.0644. The van der Waals surface area contributed by atoms with Gasteiger partial charge in [0.25, 0.3) is 0 Å². The third-order valence-corrected chi connectivity index (χ3v) is 3.94.